The van der Waals surface area contributed by atoms with Gasteiger partial charge in [-0.2, -0.15) is 0 Å². The van der Waals surface area contributed by atoms with Gasteiger partial charge < -0.3 is 25.0 Å². The standard InChI is InChI=1S/C28H31F2N3O2/c1-28(26-11-2-21(29)16-27(26)30)17-20(19-35-28)18-34-25-9-7-24(8-10-25)33-14-12-32(13-15-33)23-5-3-22(31)4-6-23/h2-11,16,20H,12-15,17-19,31H2,1H3/t20-,28-/m1/s1. The molecular weight excluding hydrogens is 448 g/mol. The quantitative estimate of drug-likeness (QED) is 0.493. The van der Waals surface area contributed by atoms with Gasteiger partial charge in [0.15, 0.2) is 0 Å². The molecule has 0 aliphatic carbocycles. The number of hydrogen-bond acceptors (Lipinski definition) is 5. The van der Waals surface area contributed by atoms with E-state index < -0.39 is 17.2 Å². The lowest BCUT2D eigenvalue weighted by atomic mass is 9.89. The maximum atomic E-state index is 14.3. The van der Waals surface area contributed by atoms with Gasteiger partial charge in [0.2, 0.25) is 0 Å². The molecule has 0 aromatic heterocycles. The SMILES string of the molecule is C[C@]1(c2ccc(F)cc2F)C[C@H](COc2ccc(N3CCN(c4ccc(N)cc4)CC3)cc2)CO1. The molecule has 35 heavy (non-hydrogen) atoms. The van der Waals surface area contributed by atoms with Crippen molar-refractivity contribution in [1.29, 1.82) is 0 Å². The van der Waals surface area contributed by atoms with E-state index in [1.807, 2.05) is 31.2 Å². The van der Waals surface area contributed by atoms with Crippen LogP contribution in [0.4, 0.5) is 25.8 Å². The van der Waals surface area contributed by atoms with Gasteiger partial charge in [0.25, 0.3) is 0 Å². The Balaban J connectivity index is 1.12. The van der Waals surface area contributed by atoms with E-state index in [0.29, 0.717) is 25.2 Å². The molecule has 2 N–H and O–H groups in total. The van der Waals surface area contributed by atoms with Crippen LogP contribution in [-0.4, -0.2) is 39.4 Å². The lowest BCUT2D eigenvalue weighted by molar-refractivity contribution is 0.0121. The first-order valence-corrected chi connectivity index (χ1v) is 12.1. The molecule has 2 fully saturated rings. The highest BCUT2D eigenvalue weighted by Crippen LogP contribution is 2.40. The Morgan fingerprint density at radius 3 is 2.11 bits per heavy atom. The number of anilines is 3. The normalized spacial score (nSPS) is 22.4. The molecule has 0 spiro atoms. The molecule has 0 bridgehead atoms. The third-order valence-corrected chi connectivity index (χ3v) is 7.04. The van der Waals surface area contributed by atoms with Gasteiger partial charge in [0, 0.05) is 60.8 Å². The third kappa shape index (κ3) is 5.20. The van der Waals surface area contributed by atoms with E-state index in [4.69, 9.17) is 15.2 Å². The van der Waals surface area contributed by atoms with Gasteiger partial charge in [-0.3, -0.25) is 0 Å². The van der Waals surface area contributed by atoms with Crippen LogP contribution in [0.1, 0.15) is 18.9 Å². The zero-order valence-corrected chi connectivity index (χ0v) is 19.9. The van der Waals surface area contributed by atoms with Crippen molar-refractivity contribution in [3.8, 4) is 5.75 Å². The van der Waals surface area contributed by atoms with E-state index >= 15 is 0 Å². The Kier molecular flexibility index (Phi) is 6.52. The van der Waals surface area contributed by atoms with Gasteiger partial charge >= 0.3 is 0 Å². The summed E-state index contributed by atoms with van der Waals surface area (Å²) in [5.41, 5.74) is 8.59. The number of piperazine rings is 1. The number of ether oxygens (including phenoxy) is 2. The molecule has 0 amide bonds. The molecule has 0 saturated carbocycles. The van der Waals surface area contributed by atoms with Crippen LogP contribution in [0.3, 0.4) is 0 Å². The smallest absolute Gasteiger partial charge is 0.132 e. The number of rotatable bonds is 6. The fraction of sp³-hybridized carbons (Fsp3) is 0.357. The second kappa shape index (κ2) is 9.74. The molecule has 5 rings (SSSR count). The zero-order chi connectivity index (χ0) is 24.4. The van der Waals surface area contributed by atoms with Crippen LogP contribution in [-0.2, 0) is 10.3 Å². The second-order valence-corrected chi connectivity index (χ2v) is 9.61. The Morgan fingerprint density at radius 2 is 1.51 bits per heavy atom. The first-order chi connectivity index (χ1) is 16.9. The molecule has 3 aromatic carbocycles. The fourth-order valence-electron chi connectivity index (χ4n) is 5.06. The predicted molar refractivity (Wildman–Crippen MR) is 135 cm³/mol. The van der Waals surface area contributed by atoms with Gasteiger partial charge in [-0.1, -0.05) is 6.07 Å². The van der Waals surface area contributed by atoms with Crippen molar-refractivity contribution >= 4 is 17.1 Å². The van der Waals surface area contributed by atoms with Crippen LogP contribution in [0.5, 0.6) is 5.75 Å². The summed E-state index contributed by atoms with van der Waals surface area (Å²) in [6, 6.07) is 19.9. The van der Waals surface area contributed by atoms with Crippen molar-refractivity contribution in [2.75, 3.05) is 54.9 Å². The summed E-state index contributed by atoms with van der Waals surface area (Å²) in [5.74, 6) is -0.222. The molecule has 2 aliphatic rings. The Labute approximate surface area is 205 Å². The predicted octanol–water partition coefficient (Wildman–Crippen LogP) is 5.20. The average molecular weight is 480 g/mol. The summed E-state index contributed by atoms with van der Waals surface area (Å²) < 4.78 is 39.5. The number of hydrogen-bond donors (Lipinski definition) is 1. The molecule has 3 aromatic rings. The number of nitrogen functional groups attached to an aromatic ring is 1. The van der Waals surface area contributed by atoms with Crippen LogP contribution >= 0.6 is 0 Å². The number of benzene rings is 3. The number of halogens is 2. The van der Waals surface area contributed by atoms with E-state index in [2.05, 4.69) is 34.1 Å². The minimum Gasteiger partial charge on any atom is -0.493 e. The molecule has 2 aliphatic heterocycles. The Bertz CT molecular complexity index is 1150. The molecule has 0 radical (unpaired) electrons. The fourth-order valence-corrected chi connectivity index (χ4v) is 5.06. The Morgan fingerprint density at radius 1 is 0.914 bits per heavy atom. The van der Waals surface area contributed by atoms with Crippen LogP contribution in [0, 0.1) is 17.6 Å². The monoisotopic (exact) mass is 479 g/mol. The second-order valence-electron chi connectivity index (χ2n) is 9.61. The third-order valence-electron chi connectivity index (χ3n) is 7.04. The summed E-state index contributed by atoms with van der Waals surface area (Å²) in [7, 11) is 0. The highest BCUT2D eigenvalue weighted by molar-refractivity contribution is 5.55. The Hall–Kier alpha value is -3.32. The van der Waals surface area contributed by atoms with Gasteiger partial charge in [-0.05, 0) is 67.9 Å². The summed E-state index contributed by atoms with van der Waals surface area (Å²) in [6.07, 6.45) is 0.617. The van der Waals surface area contributed by atoms with E-state index in [1.54, 1.807) is 0 Å². The number of nitrogens with two attached hydrogens (primary N) is 1. The summed E-state index contributed by atoms with van der Waals surface area (Å²) in [5, 5.41) is 0. The van der Waals surface area contributed by atoms with E-state index in [0.717, 1.165) is 43.7 Å². The minimum atomic E-state index is -0.774. The average Bonchev–Trinajstić information content (AvgIpc) is 3.25. The summed E-state index contributed by atoms with van der Waals surface area (Å²) >= 11 is 0. The highest BCUT2D eigenvalue weighted by Gasteiger charge is 2.40. The van der Waals surface area contributed by atoms with Crippen LogP contribution in [0.25, 0.3) is 0 Å². The zero-order valence-electron chi connectivity index (χ0n) is 19.9. The molecule has 2 heterocycles. The molecule has 5 nitrogen and oxygen atoms in total. The molecule has 2 saturated heterocycles. The van der Waals surface area contributed by atoms with Gasteiger partial charge in [-0.25, -0.2) is 8.78 Å². The van der Waals surface area contributed by atoms with Crippen molar-refractivity contribution in [1.82, 2.24) is 0 Å². The lowest BCUT2D eigenvalue weighted by Crippen LogP contribution is -2.46. The van der Waals surface area contributed by atoms with Gasteiger partial charge in [0.1, 0.15) is 17.4 Å². The van der Waals surface area contributed by atoms with E-state index in [1.165, 1.54) is 23.5 Å². The summed E-state index contributed by atoms with van der Waals surface area (Å²) in [4.78, 5) is 4.76. The van der Waals surface area contributed by atoms with Gasteiger partial charge in [-0.15, -0.1) is 0 Å². The topological polar surface area (TPSA) is 51.0 Å². The van der Waals surface area contributed by atoms with Crippen molar-refractivity contribution in [2.24, 2.45) is 5.92 Å². The maximum Gasteiger partial charge on any atom is 0.132 e. The van der Waals surface area contributed by atoms with Crippen molar-refractivity contribution in [3.05, 3.63) is 83.9 Å². The van der Waals surface area contributed by atoms with E-state index in [9.17, 15) is 8.78 Å². The van der Waals surface area contributed by atoms with Crippen molar-refractivity contribution in [3.63, 3.8) is 0 Å². The van der Waals surface area contributed by atoms with E-state index in [-0.39, 0.29) is 5.92 Å². The molecule has 0 unspecified atom stereocenters. The maximum absolute atomic E-state index is 14.3. The first kappa shape index (κ1) is 23.4. The van der Waals surface area contributed by atoms with Gasteiger partial charge in [0.05, 0.1) is 18.8 Å². The number of nitrogens with zero attached hydrogens (tertiary/aromatic N) is 2. The largest absolute Gasteiger partial charge is 0.493 e. The van der Waals surface area contributed by atoms with Crippen LogP contribution < -0.4 is 20.3 Å². The minimum absolute atomic E-state index is 0.130. The lowest BCUT2D eigenvalue weighted by Gasteiger charge is -2.37. The van der Waals surface area contributed by atoms with Crippen molar-refractivity contribution in [2.45, 2.75) is 18.9 Å². The molecule has 184 valence electrons. The molecule has 2 atom stereocenters. The first-order valence-electron chi connectivity index (χ1n) is 12.1. The molecule has 7 heteroatoms. The van der Waals surface area contributed by atoms with Crippen molar-refractivity contribution < 1.29 is 18.3 Å². The van der Waals surface area contributed by atoms with Crippen LogP contribution in [0.2, 0.25) is 0 Å². The summed E-state index contributed by atoms with van der Waals surface area (Å²) in [6.45, 7) is 6.62. The molecular formula is C28H31F2N3O2. The van der Waals surface area contributed by atoms with Crippen LogP contribution in [0.15, 0.2) is 66.7 Å². The highest BCUT2D eigenvalue weighted by atomic mass is 19.1.